The molecule has 2 fully saturated rings. The number of carbonyl (C=O) groups excluding carboxylic acids is 1. The van der Waals surface area contributed by atoms with Crippen LogP contribution in [0.5, 0.6) is 11.6 Å². The highest BCUT2D eigenvalue weighted by atomic mass is 32.1. The molecule has 1 aromatic carbocycles. The van der Waals surface area contributed by atoms with Gasteiger partial charge in [0, 0.05) is 63.9 Å². The highest BCUT2D eigenvalue weighted by Gasteiger charge is 2.24. The van der Waals surface area contributed by atoms with Crippen LogP contribution in [0, 0.1) is 0 Å². The number of carbonyl (C=O) groups is 1. The number of fused-ring (bicyclic) bond motifs is 1. The van der Waals surface area contributed by atoms with Gasteiger partial charge in [0.15, 0.2) is 0 Å². The fourth-order valence-corrected chi connectivity index (χ4v) is 5.38. The molecule has 190 valence electrons. The van der Waals surface area contributed by atoms with Gasteiger partial charge in [0.2, 0.25) is 17.7 Å². The maximum absolute atomic E-state index is 11.9. The van der Waals surface area contributed by atoms with Crippen molar-refractivity contribution in [1.29, 1.82) is 0 Å². The zero-order chi connectivity index (χ0) is 25.1. The summed E-state index contributed by atoms with van der Waals surface area (Å²) in [7, 11) is 3.83. The first-order valence-corrected chi connectivity index (χ1v) is 13.1. The van der Waals surface area contributed by atoms with Crippen molar-refractivity contribution in [2.75, 3.05) is 63.6 Å². The first-order valence-electron chi connectivity index (χ1n) is 12.3. The van der Waals surface area contributed by atoms with Crippen LogP contribution in [0.3, 0.4) is 0 Å². The topological polar surface area (TPSA) is 83.1 Å². The molecule has 0 atom stereocenters. The zero-order valence-corrected chi connectivity index (χ0v) is 21.6. The van der Waals surface area contributed by atoms with E-state index in [-0.39, 0.29) is 12.0 Å². The molecule has 0 unspecified atom stereocenters. The van der Waals surface area contributed by atoms with Crippen molar-refractivity contribution in [3.63, 3.8) is 0 Å². The third kappa shape index (κ3) is 5.24. The van der Waals surface area contributed by atoms with Crippen LogP contribution in [0.25, 0.3) is 10.2 Å². The van der Waals surface area contributed by atoms with E-state index in [1.807, 2.05) is 17.5 Å². The second kappa shape index (κ2) is 10.7. The molecule has 1 N–H and O–H groups in total. The first-order chi connectivity index (χ1) is 17.5. The Labute approximate surface area is 215 Å². The van der Waals surface area contributed by atoms with Crippen molar-refractivity contribution in [1.82, 2.24) is 19.8 Å². The van der Waals surface area contributed by atoms with Crippen LogP contribution in [0.4, 0.5) is 17.3 Å². The van der Waals surface area contributed by atoms with Gasteiger partial charge in [0.05, 0.1) is 18.3 Å². The number of methoxy groups -OCH3 is 1. The van der Waals surface area contributed by atoms with Crippen molar-refractivity contribution in [2.45, 2.75) is 18.9 Å². The van der Waals surface area contributed by atoms with Gasteiger partial charge < -0.3 is 29.5 Å². The van der Waals surface area contributed by atoms with E-state index in [2.05, 4.69) is 40.9 Å². The molecular weight excluding hydrogens is 476 g/mol. The molecule has 9 nitrogen and oxygen atoms in total. The Morgan fingerprint density at radius 1 is 1.14 bits per heavy atom. The fourth-order valence-electron chi connectivity index (χ4n) is 4.62. The van der Waals surface area contributed by atoms with Crippen LogP contribution in [0.1, 0.15) is 12.8 Å². The van der Waals surface area contributed by atoms with Crippen molar-refractivity contribution >= 4 is 44.8 Å². The van der Waals surface area contributed by atoms with Gasteiger partial charge in [-0.1, -0.05) is 6.58 Å². The van der Waals surface area contributed by atoms with Gasteiger partial charge in [-0.3, -0.25) is 4.79 Å². The molecule has 0 saturated carbocycles. The van der Waals surface area contributed by atoms with Gasteiger partial charge in [-0.15, -0.1) is 11.3 Å². The fraction of sp³-hybridized carbons (Fsp3) is 0.423. The number of amides is 1. The largest absolute Gasteiger partial charge is 0.494 e. The molecule has 36 heavy (non-hydrogen) atoms. The molecule has 0 bridgehead atoms. The van der Waals surface area contributed by atoms with Gasteiger partial charge in [-0.2, -0.15) is 4.98 Å². The Kier molecular flexibility index (Phi) is 7.24. The average Bonchev–Trinajstić information content (AvgIpc) is 3.38. The first kappa shape index (κ1) is 24.3. The number of hydrogen-bond acceptors (Lipinski definition) is 9. The number of likely N-dealkylation sites (tertiary alicyclic amines) is 1. The van der Waals surface area contributed by atoms with E-state index in [1.165, 1.54) is 6.08 Å². The Morgan fingerprint density at radius 2 is 1.92 bits per heavy atom. The summed E-state index contributed by atoms with van der Waals surface area (Å²) in [5.41, 5.74) is 2.77. The molecule has 0 radical (unpaired) electrons. The normalized spacial score (nSPS) is 17.3. The van der Waals surface area contributed by atoms with Crippen molar-refractivity contribution in [2.24, 2.45) is 0 Å². The van der Waals surface area contributed by atoms with Crippen molar-refractivity contribution in [3.8, 4) is 11.6 Å². The molecular formula is C26H32N6O3S. The van der Waals surface area contributed by atoms with Crippen LogP contribution >= 0.6 is 11.3 Å². The van der Waals surface area contributed by atoms with E-state index in [0.717, 1.165) is 66.4 Å². The molecule has 10 heteroatoms. The van der Waals surface area contributed by atoms with E-state index in [0.29, 0.717) is 24.9 Å². The summed E-state index contributed by atoms with van der Waals surface area (Å²) in [6.45, 7) is 8.95. The molecule has 1 amide bonds. The number of benzene rings is 1. The molecule has 0 spiro atoms. The van der Waals surface area contributed by atoms with E-state index in [9.17, 15) is 4.79 Å². The predicted molar refractivity (Wildman–Crippen MR) is 144 cm³/mol. The highest BCUT2D eigenvalue weighted by Crippen LogP contribution is 2.35. The Balaban J connectivity index is 1.33. The summed E-state index contributed by atoms with van der Waals surface area (Å²) in [5.74, 6) is 1.73. The minimum atomic E-state index is -0.0322. The second-order valence-electron chi connectivity index (χ2n) is 9.13. The summed E-state index contributed by atoms with van der Waals surface area (Å²) >= 11 is 1.56. The molecule has 4 heterocycles. The molecule has 5 rings (SSSR count). The van der Waals surface area contributed by atoms with Crippen LogP contribution in [-0.2, 0) is 4.79 Å². The number of likely N-dealkylation sites (N-methyl/N-ethyl adjacent to an activating group) is 1. The van der Waals surface area contributed by atoms with Crippen LogP contribution in [0.15, 0.2) is 42.3 Å². The number of ether oxygens (including phenoxy) is 2. The molecule has 3 aromatic rings. The number of nitrogens with one attached hydrogen (secondary N) is 1. The third-order valence-electron chi connectivity index (χ3n) is 6.78. The number of thiophene rings is 1. The second-order valence-corrected chi connectivity index (χ2v) is 10.0. The van der Waals surface area contributed by atoms with Gasteiger partial charge >= 0.3 is 0 Å². The predicted octanol–water partition coefficient (Wildman–Crippen LogP) is 3.75. The van der Waals surface area contributed by atoms with E-state index >= 15 is 0 Å². The lowest BCUT2D eigenvalue weighted by Gasteiger charge is -2.34. The Hall–Kier alpha value is -3.37. The average molecular weight is 509 g/mol. The van der Waals surface area contributed by atoms with E-state index in [4.69, 9.17) is 19.4 Å². The smallest absolute Gasteiger partial charge is 0.245 e. The van der Waals surface area contributed by atoms with Crippen molar-refractivity contribution < 1.29 is 14.3 Å². The molecule has 0 aliphatic carbocycles. The summed E-state index contributed by atoms with van der Waals surface area (Å²) < 4.78 is 13.0. The lowest BCUT2D eigenvalue weighted by molar-refractivity contribution is -0.127. The van der Waals surface area contributed by atoms with Crippen LogP contribution in [0.2, 0.25) is 0 Å². The summed E-state index contributed by atoms with van der Waals surface area (Å²) in [6, 6.07) is 8.15. The van der Waals surface area contributed by atoms with Crippen LogP contribution < -0.4 is 19.7 Å². The summed E-state index contributed by atoms with van der Waals surface area (Å²) in [6.07, 6.45) is 2.86. The molecule has 2 aliphatic heterocycles. The number of piperazine rings is 1. The minimum absolute atomic E-state index is 0.00989. The zero-order valence-electron chi connectivity index (χ0n) is 20.8. The maximum atomic E-state index is 11.9. The van der Waals surface area contributed by atoms with E-state index in [1.54, 1.807) is 23.3 Å². The number of anilines is 3. The molecule has 2 saturated heterocycles. The van der Waals surface area contributed by atoms with Crippen LogP contribution in [-0.4, -0.2) is 85.2 Å². The Morgan fingerprint density at radius 3 is 2.64 bits per heavy atom. The highest BCUT2D eigenvalue weighted by molar-refractivity contribution is 7.17. The van der Waals surface area contributed by atoms with E-state index < -0.39 is 0 Å². The SMILES string of the molecule is C=CC(=O)N1CCC(Oc2nc(Nc3ccc(N4CCN(C)CC4)cc3OC)nc3ccsc23)CC1. The van der Waals surface area contributed by atoms with Gasteiger partial charge in [0.25, 0.3) is 0 Å². The minimum Gasteiger partial charge on any atom is -0.494 e. The van der Waals surface area contributed by atoms with Gasteiger partial charge in [0.1, 0.15) is 16.6 Å². The van der Waals surface area contributed by atoms with Gasteiger partial charge in [-0.25, -0.2) is 4.98 Å². The standard InChI is InChI=1S/C26H32N6O3S/c1-4-23(33)32-10-7-19(8-11-32)35-25-24-21(9-16-36-24)28-26(29-25)27-20-6-5-18(17-22(20)34-3)31-14-12-30(2)13-15-31/h4-6,9,16-17,19H,1,7-8,10-15H2,2-3H3,(H,27,28,29). The summed E-state index contributed by atoms with van der Waals surface area (Å²) in [4.78, 5) is 27.8. The summed E-state index contributed by atoms with van der Waals surface area (Å²) in [5, 5.41) is 5.33. The maximum Gasteiger partial charge on any atom is 0.245 e. The molecule has 2 aliphatic rings. The lowest BCUT2D eigenvalue weighted by atomic mass is 10.1. The molecule has 2 aromatic heterocycles. The van der Waals surface area contributed by atoms with Crippen molar-refractivity contribution in [3.05, 3.63) is 42.3 Å². The number of nitrogens with zero attached hydrogens (tertiary/aromatic N) is 5. The number of rotatable bonds is 7. The number of aromatic nitrogens is 2. The lowest BCUT2D eigenvalue weighted by Crippen LogP contribution is -2.44. The third-order valence-corrected chi connectivity index (χ3v) is 7.67. The monoisotopic (exact) mass is 508 g/mol. The Bertz CT molecular complexity index is 1230. The number of hydrogen-bond donors (Lipinski definition) is 1. The quantitative estimate of drug-likeness (QED) is 0.483. The van der Waals surface area contributed by atoms with Gasteiger partial charge in [-0.05, 0) is 36.7 Å². The number of piperidine rings is 1.